The van der Waals surface area contributed by atoms with E-state index in [9.17, 15) is 5.11 Å². The lowest BCUT2D eigenvalue weighted by Crippen LogP contribution is -2.02. The minimum Gasteiger partial charge on any atom is -0.507 e. The van der Waals surface area contributed by atoms with Crippen LogP contribution in [0.4, 0.5) is 0 Å². The Bertz CT molecular complexity index is 444. The number of hydrogen-bond acceptors (Lipinski definition) is 4. The summed E-state index contributed by atoms with van der Waals surface area (Å²) in [5, 5.41) is 22.4. The van der Waals surface area contributed by atoms with Crippen molar-refractivity contribution >= 4 is 5.71 Å². The monoisotopic (exact) mass is 293 g/mol. The number of benzene rings is 1. The first-order valence-corrected chi connectivity index (χ1v) is 7.81. The summed E-state index contributed by atoms with van der Waals surface area (Å²) in [5.41, 5.74) is 1.10. The van der Waals surface area contributed by atoms with E-state index in [1.165, 1.54) is 38.2 Å². The number of methoxy groups -OCH3 is 1. The number of hydrogen-bond donors (Lipinski definition) is 2. The molecular weight excluding hydrogens is 266 g/mol. The normalized spacial score (nSPS) is 11.6. The van der Waals surface area contributed by atoms with Crippen LogP contribution in [0.5, 0.6) is 11.5 Å². The lowest BCUT2D eigenvalue weighted by Gasteiger charge is -2.08. The maximum absolute atomic E-state index is 9.95. The number of unbranched alkanes of at least 4 members (excludes halogenated alkanes) is 6. The van der Waals surface area contributed by atoms with Gasteiger partial charge in [-0.05, 0) is 25.0 Å². The second kappa shape index (κ2) is 10.1. The molecule has 0 aliphatic heterocycles. The van der Waals surface area contributed by atoms with Gasteiger partial charge in [0, 0.05) is 11.6 Å². The van der Waals surface area contributed by atoms with E-state index in [2.05, 4.69) is 12.1 Å². The Morgan fingerprint density at radius 1 is 1.10 bits per heavy atom. The highest BCUT2D eigenvalue weighted by Gasteiger charge is 2.10. The molecule has 1 aromatic carbocycles. The number of nitrogens with zero attached hydrogens (tertiary/aromatic N) is 1. The van der Waals surface area contributed by atoms with Gasteiger partial charge >= 0.3 is 0 Å². The van der Waals surface area contributed by atoms with Gasteiger partial charge in [0.05, 0.1) is 12.8 Å². The molecule has 1 rings (SSSR count). The van der Waals surface area contributed by atoms with Crippen LogP contribution < -0.4 is 4.74 Å². The zero-order chi connectivity index (χ0) is 15.5. The van der Waals surface area contributed by atoms with Gasteiger partial charge in [-0.3, -0.25) is 0 Å². The van der Waals surface area contributed by atoms with Gasteiger partial charge < -0.3 is 15.1 Å². The summed E-state index contributed by atoms with van der Waals surface area (Å²) in [6.45, 7) is 2.21. The molecule has 0 fully saturated rings. The predicted molar refractivity (Wildman–Crippen MR) is 85.6 cm³/mol. The lowest BCUT2D eigenvalue weighted by atomic mass is 10.0. The van der Waals surface area contributed by atoms with Crippen LogP contribution in [0.1, 0.15) is 63.9 Å². The summed E-state index contributed by atoms with van der Waals surface area (Å²) in [4.78, 5) is 0. The van der Waals surface area contributed by atoms with E-state index in [0.29, 0.717) is 23.4 Å². The van der Waals surface area contributed by atoms with Crippen LogP contribution in [0, 0.1) is 0 Å². The second-order valence-electron chi connectivity index (χ2n) is 5.30. The maximum Gasteiger partial charge on any atom is 0.128 e. The van der Waals surface area contributed by atoms with E-state index >= 15 is 0 Å². The van der Waals surface area contributed by atoms with Crippen molar-refractivity contribution in [3.63, 3.8) is 0 Å². The molecule has 0 amide bonds. The van der Waals surface area contributed by atoms with Crippen LogP contribution in [-0.4, -0.2) is 23.1 Å². The SMILES string of the molecule is CCCCCCCCC/C(=N/O)c1ccc(OC)cc1O. The van der Waals surface area contributed by atoms with Crippen molar-refractivity contribution in [1.29, 1.82) is 0 Å². The Morgan fingerprint density at radius 3 is 2.33 bits per heavy atom. The molecule has 1 aromatic rings. The highest BCUT2D eigenvalue weighted by Crippen LogP contribution is 2.25. The summed E-state index contributed by atoms with van der Waals surface area (Å²) in [6.07, 6.45) is 9.12. The third-order valence-electron chi connectivity index (χ3n) is 3.65. The average Bonchev–Trinajstić information content (AvgIpc) is 2.50. The van der Waals surface area contributed by atoms with Crippen molar-refractivity contribution in [1.82, 2.24) is 0 Å². The first-order chi connectivity index (χ1) is 10.2. The maximum atomic E-state index is 9.95. The highest BCUT2D eigenvalue weighted by atomic mass is 16.5. The Labute approximate surface area is 127 Å². The third-order valence-corrected chi connectivity index (χ3v) is 3.65. The molecule has 0 aliphatic rings. The van der Waals surface area contributed by atoms with Gasteiger partial charge in [-0.1, -0.05) is 50.6 Å². The Balaban J connectivity index is 2.42. The fourth-order valence-electron chi connectivity index (χ4n) is 2.37. The standard InChI is InChI=1S/C17H27NO3/c1-3-4-5-6-7-8-9-10-16(18-20)15-12-11-14(21-2)13-17(15)19/h11-13,19-20H,3-10H2,1-2H3/b18-16-. The molecular formula is C17H27NO3. The minimum absolute atomic E-state index is 0.0881. The molecule has 0 heterocycles. The molecule has 0 unspecified atom stereocenters. The summed E-state index contributed by atoms with van der Waals surface area (Å²) in [7, 11) is 1.55. The summed E-state index contributed by atoms with van der Waals surface area (Å²) in [5.74, 6) is 0.676. The zero-order valence-electron chi connectivity index (χ0n) is 13.1. The summed E-state index contributed by atoms with van der Waals surface area (Å²) in [6, 6.07) is 5.01. The van der Waals surface area contributed by atoms with Crippen LogP contribution in [-0.2, 0) is 0 Å². The van der Waals surface area contributed by atoms with Gasteiger partial charge in [0.2, 0.25) is 0 Å². The molecule has 2 N–H and O–H groups in total. The third kappa shape index (κ3) is 6.06. The van der Waals surface area contributed by atoms with E-state index in [1.54, 1.807) is 19.2 Å². The quantitative estimate of drug-likeness (QED) is 0.284. The van der Waals surface area contributed by atoms with Gasteiger partial charge in [-0.25, -0.2) is 0 Å². The first kappa shape index (κ1) is 17.3. The summed E-state index contributed by atoms with van der Waals surface area (Å²) >= 11 is 0. The number of phenols is 1. The van der Waals surface area contributed by atoms with Gasteiger partial charge in [0.1, 0.15) is 11.5 Å². The van der Waals surface area contributed by atoms with E-state index in [-0.39, 0.29) is 5.75 Å². The molecule has 0 aromatic heterocycles. The van der Waals surface area contributed by atoms with Crippen LogP contribution >= 0.6 is 0 Å². The van der Waals surface area contributed by atoms with Gasteiger partial charge in [0.15, 0.2) is 0 Å². The Kier molecular flexibility index (Phi) is 8.32. The molecule has 4 heteroatoms. The van der Waals surface area contributed by atoms with Crippen molar-refractivity contribution in [2.75, 3.05) is 7.11 Å². The minimum atomic E-state index is 0.0881. The van der Waals surface area contributed by atoms with Gasteiger partial charge in [-0.2, -0.15) is 0 Å². The zero-order valence-corrected chi connectivity index (χ0v) is 13.1. The van der Waals surface area contributed by atoms with E-state index in [1.807, 2.05) is 0 Å². The fourth-order valence-corrected chi connectivity index (χ4v) is 2.37. The van der Waals surface area contributed by atoms with Crippen LogP contribution in [0.2, 0.25) is 0 Å². The van der Waals surface area contributed by atoms with Crippen molar-refractivity contribution in [3.05, 3.63) is 23.8 Å². The Hall–Kier alpha value is -1.71. The van der Waals surface area contributed by atoms with Crippen molar-refractivity contribution in [2.24, 2.45) is 5.16 Å². The molecule has 21 heavy (non-hydrogen) atoms. The molecule has 4 nitrogen and oxygen atoms in total. The fraction of sp³-hybridized carbons (Fsp3) is 0.588. The average molecular weight is 293 g/mol. The lowest BCUT2D eigenvalue weighted by molar-refractivity contribution is 0.317. The predicted octanol–water partition coefficient (Wildman–Crippen LogP) is 4.72. The summed E-state index contributed by atoms with van der Waals surface area (Å²) < 4.78 is 5.05. The molecule has 0 spiro atoms. The highest BCUT2D eigenvalue weighted by molar-refractivity contribution is 6.02. The number of ether oxygens (including phenoxy) is 1. The molecule has 0 saturated heterocycles. The van der Waals surface area contributed by atoms with Crippen LogP contribution in [0.25, 0.3) is 0 Å². The number of oxime groups is 1. The van der Waals surface area contributed by atoms with Crippen LogP contribution in [0.3, 0.4) is 0 Å². The first-order valence-electron chi connectivity index (χ1n) is 7.81. The number of phenolic OH excluding ortho intramolecular Hbond substituents is 1. The van der Waals surface area contributed by atoms with Crippen molar-refractivity contribution in [3.8, 4) is 11.5 Å². The second-order valence-corrected chi connectivity index (χ2v) is 5.30. The smallest absolute Gasteiger partial charge is 0.128 e. The van der Waals surface area contributed by atoms with E-state index in [0.717, 1.165) is 12.8 Å². The largest absolute Gasteiger partial charge is 0.507 e. The Morgan fingerprint density at radius 2 is 1.76 bits per heavy atom. The van der Waals surface area contributed by atoms with Crippen LogP contribution in [0.15, 0.2) is 23.4 Å². The number of aromatic hydroxyl groups is 1. The molecule has 0 atom stereocenters. The molecule has 118 valence electrons. The van der Waals surface area contributed by atoms with Gasteiger partial charge in [0.25, 0.3) is 0 Å². The molecule has 0 bridgehead atoms. The molecule has 0 radical (unpaired) electrons. The van der Waals surface area contributed by atoms with E-state index in [4.69, 9.17) is 9.94 Å². The van der Waals surface area contributed by atoms with Crippen molar-refractivity contribution in [2.45, 2.75) is 58.3 Å². The van der Waals surface area contributed by atoms with Crippen molar-refractivity contribution < 1.29 is 15.1 Å². The number of rotatable bonds is 10. The van der Waals surface area contributed by atoms with Gasteiger partial charge in [-0.15, -0.1) is 0 Å². The molecule has 0 saturated carbocycles. The topological polar surface area (TPSA) is 62.1 Å². The van der Waals surface area contributed by atoms with E-state index < -0.39 is 0 Å². The molecule has 0 aliphatic carbocycles.